The van der Waals surface area contributed by atoms with Gasteiger partial charge in [-0.15, -0.1) is 0 Å². The second-order valence-corrected chi connectivity index (χ2v) is 34.8. The molecule has 7 rings (SSSR count). The molecule has 2 fully saturated rings. The molecular formula is C51H78N14O34P6S2. The van der Waals surface area contributed by atoms with E-state index in [4.69, 9.17) is 39.0 Å². The summed E-state index contributed by atoms with van der Waals surface area (Å²) < 4.78 is 124. The number of rotatable bonds is 39. The Morgan fingerprint density at radius 2 is 0.925 bits per heavy atom. The Balaban J connectivity index is 0.000000337. The number of nitrogens with one attached hydrogen (secondary N) is 4. The predicted octanol–water partition coefficient (Wildman–Crippen LogP) is -1.34. The smallest absolute Gasteiger partial charge is 0.386 e. The van der Waals surface area contributed by atoms with E-state index in [9.17, 15) is 116 Å². The Morgan fingerprint density at radius 3 is 1.30 bits per heavy atom. The number of benzene rings is 1. The van der Waals surface area contributed by atoms with Crippen LogP contribution in [0.2, 0.25) is 0 Å². The molecule has 20 N–H and O–H groups in total. The molecule has 4 amide bonds. The first kappa shape index (κ1) is 90.2. The molecule has 0 saturated carbocycles. The summed E-state index contributed by atoms with van der Waals surface area (Å²) in [5.41, 5.74) is 9.04. The van der Waals surface area contributed by atoms with Crippen LogP contribution in [0.25, 0.3) is 22.3 Å². The molecule has 598 valence electrons. The number of imidazole rings is 2. The van der Waals surface area contributed by atoms with Gasteiger partial charge in [0.1, 0.15) is 72.5 Å². The molecule has 1 aromatic carbocycles. The quantitative estimate of drug-likeness (QED) is 0.0160. The summed E-state index contributed by atoms with van der Waals surface area (Å²) in [7, 11) is -32.8. The van der Waals surface area contributed by atoms with Crippen molar-refractivity contribution in [1.29, 1.82) is 0 Å². The number of aliphatic hydroxyl groups excluding tert-OH is 4. The number of fused-ring (bicyclic) bond motifs is 2. The molecule has 0 bridgehead atoms. The van der Waals surface area contributed by atoms with Crippen molar-refractivity contribution >= 4 is 138 Å². The van der Waals surface area contributed by atoms with Gasteiger partial charge in [0.15, 0.2) is 40.5 Å². The van der Waals surface area contributed by atoms with Gasteiger partial charge in [0.05, 0.1) is 39.1 Å². The zero-order valence-corrected chi connectivity index (χ0v) is 63.5. The molecule has 0 spiro atoms. The van der Waals surface area contributed by atoms with Crippen LogP contribution in [-0.2, 0) is 96.6 Å². The number of amides is 4. The molecule has 56 heteroatoms. The van der Waals surface area contributed by atoms with Crippen LogP contribution in [0, 0.1) is 10.8 Å². The number of hydrogen-bond acceptors (Lipinski definition) is 36. The topological polar surface area (TPSA) is 727 Å². The number of anilines is 2. The molecule has 2 aliphatic rings. The fourth-order valence-electron chi connectivity index (χ4n) is 9.26. The van der Waals surface area contributed by atoms with Crippen LogP contribution in [-0.4, -0.2) is 245 Å². The van der Waals surface area contributed by atoms with Crippen molar-refractivity contribution < 1.29 is 161 Å². The maximum absolute atomic E-state index is 12.7. The molecular weight excluding hydrogens is 1600 g/mol. The number of ether oxygens (including phenoxy) is 2. The highest BCUT2D eigenvalue weighted by Gasteiger charge is 2.53. The lowest BCUT2D eigenvalue weighted by atomic mass is 9.87. The minimum atomic E-state index is -5.57. The number of thioether (sulfide) groups is 2. The van der Waals surface area contributed by atoms with Crippen molar-refractivity contribution in [3.63, 3.8) is 0 Å². The van der Waals surface area contributed by atoms with E-state index in [-0.39, 0.29) is 83.2 Å². The van der Waals surface area contributed by atoms with Crippen LogP contribution in [0.15, 0.2) is 55.6 Å². The van der Waals surface area contributed by atoms with E-state index in [0.29, 0.717) is 17.1 Å². The van der Waals surface area contributed by atoms with Crippen molar-refractivity contribution in [3.8, 4) is 0 Å². The van der Waals surface area contributed by atoms with Crippen LogP contribution in [0.1, 0.15) is 70.3 Å². The summed E-state index contributed by atoms with van der Waals surface area (Å²) >= 11 is 2.05. The van der Waals surface area contributed by atoms with Crippen LogP contribution >= 0.6 is 70.5 Å². The number of aliphatic hydroxyl groups is 4. The number of phosphoric ester groups is 6. The number of carbonyl (C=O) groups is 6. The molecule has 0 radical (unpaired) electrons. The number of nitrogens with zero attached hydrogens (tertiary/aromatic N) is 8. The van der Waals surface area contributed by atoms with Gasteiger partial charge < -0.3 is 102 Å². The van der Waals surface area contributed by atoms with Gasteiger partial charge in [-0.05, 0) is 0 Å². The second-order valence-electron chi connectivity index (χ2n) is 24.0. The summed E-state index contributed by atoms with van der Waals surface area (Å²) in [6.45, 7) is 2.35. The summed E-state index contributed by atoms with van der Waals surface area (Å²) in [6.07, 6.45) is -13.8. The van der Waals surface area contributed by atoms with Gasteiger partial charge in [0.25, 0.3) is 0 Å². The zero-order chi connectivity index (χ0) is 79.8. The second kappa shape index (κ2) is 38.5. The number of aromatic nitrogens is 8. The Kier molecular flexibility index (Phi) is 32.5. The van der Waals surface area contributed by atoms with Crippen molar-refractivity contribution in [2.45, 2.75) is 109 Å². The van der Waals surface area contributed by atoms with Gasteiger partial charge in [0, 0.05) is 73.8 Å². The van der Waals surface area contributed by atoms with Crippen LogP contribution < -0.4 is 32.7 Å². The van der Waals surface area contributed by atoms with Crippen molar-refractivity contribution in [2.75, 3.05) is 75.6 Å². The molecule has 4 aromatic heterocycles. The molecule has 5 aromatic rings. The number of phosphoric acid groups is 6. The third kappa shape index (κ3) is 27.9. The molecule has 6 heterocycles. The van der Waals surface area contributed by atoms with Gasteiger partial charge in [-0.3, -0.25) is 65.0 Å². The highest BCUT2D eigenvalue weighted by atomic mass is 32.2. The van der Waals surface area contributed by atoms with Crippen molar-refractivity contribution in [1.82, 2.24) is 60.3 Å². The SMILES string of the molecule is CC(=O)SCCNC(=O)CCNC(=O)C(O)C(C)(C)COP(=O)(O)OP(=O)(O)OC[C@H]1O[C@@H](n2cnc3c(N)ncnc32)[C@H](O)[C@@H]1OP(=O)(O)O.CC(C)(COP(=O)(O)OP(=O)(O)OC[C@H]1O[C@@H](n2cnc3c(N)ncnc32)[C@H](O)[C@@H]1OP(=O)(O)O)C(O)C(=O)NCCC(=O)NCCSC(=O)c1ccccc1. The first-order chi connectivity index (χ1) is 49.6. The van der Waals surface area contributed by atoms with Crippen LogP contribution in [0.5, 0.6) is 0 Å². The number of carbonyl (C=O) groups excluding carboxylic acids is 6. The summed E-state index contributed by atoms with van der Waals surface area (Å²) in [4.78, 5) is 174. The third-order valence-corrected chi connectivity index (χ3v) is 22.5. The van der Waals surface area contributed by atoms with E-state index >= 15 is 0 Å². The Bertz CT molecular complexity index is 4240. The van der Waals surface area contributed by atoms with E-state index in [1.807, 2.05) is 0 Å². The summed E-state index contributed by atoms with van der Waals surface area (Å²) in [6, 6.07) is 8.58. The lowest BCUT2D eigenvalue weighted by molar-refractivity contribution is -0.137. The van der Waals surface area contributed by atoms with Gasteiger partial charge in [-0.1, -0.05) is 81.6 Å². The maximum Gasteiger partial charge on any atom is 0.481 e. The first-order valence-electron chi connectivity index (χ1n) is 30.7. The largest absolute Gasteiger partial charge is 0.481 e. The normalized spacial score (nSPS) is 22.1. The molecule has 6 unspecified atom stereocenters. The molecule has 14 atom stereocenters. The predicted molar refractivity (Wildman–Crippen MR) is 366 cm³/mol. The summed E-state index contributed by atoms with van der Waals surface area (Å²) in [5.74, 6) is -2.25. The van der Waals surface area contributed by atoms with Gasteiger partial charge in [-0.25, -0.2) is 57.3 Å². The van der Waals surface area contributed by atoms with E-state index in [2.05, 4.69) is 68.8 Å². The van der Waals surface area contributed by atoms with Crippen LogP contribution in [0.3, 0.4) is 0 Å². The van der Waals surface area contributed by atoms with Crippen LogP contribution in [0.4, 0.5) is 11.6 Å². The van der Waals surface area contributed by atoms with E-state index in [0.717, 1.165) is 58.0 Å². The highest BCUT2D eigenvalue weighted by molar-refractivity contribution is 8.14. The summed E-state index contributed by atoms with van der Waals surface area (Å²) in [5, 5.41) is 52.3. The maximum atomic E-state index is 12.7. The zero-order valence-electron chi connectivity index (χ0n) is 56.5. The number of hydrogen-bond donors (Lipinski definition) is 18. The Hall–Kier alpha value is -5.66. The fourth-order valence-corrected chi connectivity index (χ4v) is 16.1. The molecule has 107 heavy (non-hydrogen) atoms. The monoisotopic (exact) mass is 1680 g/mol. The van der Waals surface area contributed by atoms with Gasteiger partial charge >= 0.3 is 46.9 Å². The average molecular weight is 1680 g/mol. The first-order valence-corrected chi connectivity index (χ1v) is 41.8. The lowest BCUT2D eigenvalue weighted by Gasteiger charge is -2.30. The Morgan fingerprint density at radius 1 is 0.551 bits per heavy atom. The Labute approximate surface area is 613 Å². The fraction of sp³-hybridized carbons (Fsp3) is 0.569. The van der Waals surface area contributed by atoms with E-state index in [1.165, 1.54) is 34.6 Å². The lowest BCUT2D eigenvalue weighted by Crippen LogP contribution is -2.46. The number of nitrogens with two attached hydrogens (primary N) is 2. The molecule has 2 saturated heterocycles. The van der Waals surface area contributed by atoms with E-state index in [1.54, 1.807) is 30.3 Å². The minimum absolute atomic E-state index is 0.0292. The average Bonchev–Trinajstić information content (AvgIpc) is 1.62. The molecule has 2 aliphatic heterocycles. The minimum Gasteiger partial charge on any atom is -0.386 e. The third-order valence-electron chi connectivity index (χ3n) is 14.6. The van der Waals surface area contributed by atoms with E-state index < -0.39 is 169 Å². The number of nitrogen functional groups attached to an aromatic ring is 2. The van der Waals surface area contributed by atoms with Crippen molar-refractivity contribution in [3.05, 3.63) is 61.2 Å². The highest BCUT2D eigenvalue weighted by Crippen LogP contribution is 2.63. The van der Waals surface area contributed by atoms with Gasteiger partial charge in [-0.2, -0.15) is 8.62 Å². The van der Waals surface area contributed by atoms with Gasteiger partial charge in [0.2, 0.25) is 28.7 Å². The van der Waals surface area contributed by atoms with Crippen molar-refractivity contribution in [2.24, 2.45) is 10.8 Å². The molecule has 0 aliphatic carbocycles. The molecule has 48 nitrogen and oxygen atoms in total. The standard InChI is InChI=1S/C28H40N7O17P3S.C23H38N7O17P3S/c1-28(2,22(38)25(39)31-9-8-18(36)30-10-11-56-27(40)16-6-4-3-5-7-16)13-49-55(46,47)52-54(44,45)48-12-17-21(51-53(41,42)43)20(37)26(50-17)35-15-34-19-23(29)32-14-33-24(19)35;1-12(31)51-7-6-25-14(32)4-5-26-21(35)18(34)23(2,3)9-44-50(41,42)47-49(39,40)43-8-13-17(46-48(36,37)38)16(33)22(45-13)30-11-29-15-19(24)27-10-28-20(15)30/h3-7,14-15,17,20-22,26,37-38H,8-13H2,1-2H3,(H,30,36)(H,31,39)(H,44,45)(H,46,47)(H2,29,32,33)(H2,41,42,43);10-11,13,16-18,22,33-34H,4-9H2,1-3H3,(H,25,32)(H,26,35)(H,39,40)(H,41,42)(H2,24,27,28)(H2,36,37,38)/t17-,20-,21-,22?,26-;13-,16-,17-,18?,22-/m11/s1.